The van der Waals surface area contributed by atoms with Crippen LogP contribution in [0.2, 0.25) is 0 Å². The number of carbonyl (C=O) groups excluding carboxylic acids is 1. The van der Waals surface area contributed by atoms with Crippen molar-refractivity contribution in [3.8, 4) is 0 Å². The van der Waals surface area contributed by atoms with Gasteiger partial charge in [-0.25, -0.2) is 4.98 Å². The van der Waals surface area contributed by atoms with Crippen molar-refractivity contribution in [2.75, 3.05) is 24.3 Å². The molecular weight excluding hydrogens is 328 g/mol. The number of benzene rings is 1. The zero-order valence-corrected chi connectivity index (χ0v) is 13.7. The molecule has 0 aliphatic carbocycles. The molecule has 1 amide bonds. The Labute approximate surface area is 142 Å². The second kappa shape index (κ2) is 6.66. The van der Waals surface area contributed by atoms with E-state index < -0.39 is 0 Å². The van der Waals surface area contributed by atoms with Gasteiger partial charge in [0, 0.05) is 12.8 Å². The smallest absolute Gasteiger partial charge is 0.257 e. The van der Waals surface area contributed by atoms with Crippen LogP contribution in [0.5, 0.6) is 0 Å². The second-order valence-electron chi connectivity index (χ2n) is 5.51. The van der Waals surface area contributed by atoms with Gasteiger partial charge in [0.15, 0.2) is 5.58 Å². The Hall–Kier alpha value is -2.32. The predicted octanol–water partition coefficient (Wildman–Crippen LogP) is 2.72. The summed E-state index contributed by atoms with van der Waals surface area (Å²) in [4.78, 5) is 16.4. The van der Waals surface area contributed by atoms with E-state index in [0.29, 0.717) is 17.5 Å². The van der Waals surface area contributed by atoms with E-state index in [-0.39, 0.29) is 17.7 Å². The van der Waals surface area contributed by atoms with Gasteiger partial charge in [-0.2, -0.15) is 5.10 Å². The topological polar surface area (TPSA) is 82.2 Å². The van der Waals surface area contributed by atoms with E-state index in [1.54, 1.807) is 6.20 Å². The summed E-state index contributed by atoms with van der Waals surface area (Å²) >= 11 is 1.27. The van der Waals surface area contributed by atoms with Crippen LogP contribution in [-0.4, -0.2) is 39.6 Å². The van der Waals surface area contributed by atoms with Crippen LogP contribution in [0.3, 0.4) is 0 Å². The molecule has 0 radical (unpaired) electrons. The highest BCUT2D eigenvalue weighted by Crippen LogP contribution is 2.23. The van der Waals surface area contributed by atoms with E-state index in [1.807, 2.05) is 35.1 Å². The molecule has 7 nitrogen and oxygen atoms in total. The molecule has 1 fully saturated rings. The molecule has 24 heavy (non-hydrogen) atoms. The molecule has 1 aliphatic heterocycles. The van der Waals surface area contributed by atoms with Crippen LogP contribution in [-0.2, 0) is 9.53 Å². The molecule has 0 bridgehead atoms. The van der Waals surface area contributed by atoms with Crippen molar-refractivity contribution in [2.45, 2.75) is 17.7 Å². The second-order valence-corrected chi connectivity index (χ2v) is 6.44. The molecule has 1 saturated heterocycles. The first-order chi connectivity index (χ1) is 11.8. The van der Waals surface area contributed by atoms with E-state index in [0.717, 1.165) is 24.1 Å². The van der Waals surface area contributed by atoms with Gasteiger partial charge in [-0.1, -0.05) is 23.9 Å². The summed E-state index contributed by atoms with van der Waals surface area (Å²) in [7, 11) is 0. The summed E-state index contributed by atoms with van der Waals surface area (Å²) in [6, 6.07) is 7.78. The Morgan fingerprint density at radius 1 is 1.42 bits per heavy atom. The van der Waals surface area contributed by atoms with E-state index in [4.69, 9.17) is 9.15 Å². The van der Waals surface area contributed by atoms with Crippen molar-refractivity contribution < 1.29 is 13.9 Å². The number of carbonyl (C=O) groups is 1. The number of nitrogens with zero attached hydrogens (tertiary/aromatic N) is 3. The minimum atomic E-state index is -0.121. The number of ether oxygens (including phenoxy) is 1. The highest BCUT2D eigenvalue weighted by Gasteiger charge is 2.18. The molecule has 3 heterocycles. The molecule has 4 rings (SSSR count). The number of rotatable bonds is 5. The first kappa shape index (κ1) is 15.2. The quantitative estimate of drug-likeness (QED) is 0.717. The average Bonchev–Trinajstić information content (AvgIpc) is 3.32. The number of nitrogens with one attached hydrogen (secondary N) is 1. The molecule has 1 atom stereocenters. The predicted molar refractivity (Wildman–Crippen MR) is 90.1 cm³/mol. The number of amides is 1. The fourth-order valence-electron chi connectivity index (χ4n) is 2.57. The first-order valence-electron chi connectivity index (χ1n) is 7.68. The minimum absolute atomic E-state index is 0.121. The van der Waals surface area contributed by atoms with Crippen LogP contribution in [0, 0.1) is 0 Å². The number of anilines is 1. The maximum Gasteiger partial charge on any atom is 0.257 e. The molecular formula is C16H16N4O3S. The fraction of sp³-hybridized carbons (Fsp3) is 0.312. The van der Waals surface area contributed by atoms with E-state index in [2.05, 4.69) is 15.4 Å². The summed E-state index contributed by atoms with van der Waals surface area (Å²) in [5.74, 6) is 0.106. The van der Waals surface area contributed by atoms with Gasteiger partial charge in [-0.15, -0.1) is 0 Å². The monoisotopic (exact) mass is 344 g/mol. The summed E-state index contributed by atoms with van der Waals surface area (Å²) in [5, 5.41) is 7.61. The van der Waals surface area contributed by atoms with Crippen LogP contribution in [0.25, 0.3) is 11.1 Å². The lowest BCUT2D eigenvalue weighted by Gasteiger charge is -2.06. The highest BCUT2D eigenvalue weighted by atomic mass is 32.2. The molecule has 124 valence electrons. The molecule has 1 unspecified atom stereocenters. The molecule has 0 spiro atoms. The Bertz CT molecular complexity index is 821. The van der Waals surface area contributed by atoms with Gasteiger partial charge in [0.1, 0.15) is 5.52 Å². The maximum absolute atomic E-state index is 12.1. The third kappa shape index (κ3) is 3.29. The number of oxazole rings is 1. The molecule has 3 aromatic rings. The summed E-state index contributed by atoms with van der Waals surface area (Å²) in [6.07, 6.45) is 4.43. The van der Waals surface area contributed by atoms with Crippen LogP contribution in [0.15, 0.2) is 46.3 Å². The largest absolute Gasteiger partial charge is 0.431 e. The minimum Gasteiger partial charge on any atom is -0.431 e. The van der Waals surface area contributed by atoms with Gasteiger partial charge in [-0.3, -0.25) is 9.48 Å². The maximum atomic E-state index is 12.1. The molecule has 1 aromatic carbocycles. The van der Waals surface area contributed by atoms with Crippen LogP contribution in [0.4, 0.5) is 5.69 Å². The van der Waals surface area contributed by atoms with Gasteiger partial charge < -0.3 is 14.5 Å². The summed E-state index contributed by atoms with van der Waals surface area (Å²) in [6.45, 7) is 1.43. The number of hydrogen-bond acceptors (Lipinski definition) is 6. The van der Waals surface area contributed by atoms with Crippen molar-refractivity contribution in [3.63, 3.8) is 0 Å². The van der Waals surface area contributed by atoms with Crippen molar-refractivity contribution in [2.24, 2.45) is 0 Å². The third-order valence-corrected chi connectivity index (χ3v) is 4.59. The number of para-hydroxylation sites is 2. The van der Waals surface area contributed by atoms with Crippen LogP contribution < -0.4 is 5.32 Å². The van der Waals surface area contributed by atoms with Gasteiger partial charge in [0.05, 0.1) is 30.3 Å². The lowest BCUT2D eigenvalue weighted by atomic mass is 10.3. The van der Waals surface area contributed by atoms with Gasteiger partial charge >= 0.3 is 0 Å². The average molecular weight is 344 g/mol. The molecule has 8 heteroatoms. The lowest BCUT2D eigenvalue weighted by Crippen LogP contribution is -2.14. The fourth-order valence-corrected chi connectivity index (χ4v) is 3.21. The normalized spacial score (nSPS) is 17.4. The van der Waals surface area contributed by atoms with Crippen LogP contribution >= 0.6 is 11.8 Å². The standard InChI is InChI=1S/C16H16N4O3S/c21-15(10-24-16-19-13-3-1-2-4-14(13)23-16)18-11-7-17-20(8-11)12-5-6-22-9-12/h1-4,7-8,12H,5-6,9-10H2,(H,18,21). The molecule has 1 aliphatic rings. The Morgan fingerprint density at radius 2 is 2.33 bits per heavy atom. The van der Waals surface area contributed by atoms with Gasteiger partial charge in [0.25, 0.3) is 5.22 Å². The summed E-state index contributed by atoms with van der Waals surface area (Å²) < 4.78 is 12.8. The zero-order valence-electron chi connectivity index (χ0n) is 12.8. The Balaban J connectivity index is 1.33. The van der Waals surface area contributed by atoms with Gasteiger partial charge in [0.2, 0.25) is 5.91 Å². The van der Waals surface area contributed by atoms with E-state index >= 15 is 0 Å². The Kier molecular flexibility index (Phi) is 4.22. The van der Waals surface area contributed by atoms with Gasteiger partial charge in [-0.05, 0) is 18.6 Å². The number of thioether (sulfide) groups is 1. The number of hydrogen-bond donors (Lipinski definition) is 1. The SMILES string of the molecule is O=C(CSc1nc2ccccc2o1)Nc1cnn(C2CCOC2)c1. The molecule has 0 saturated carbocycles. The van der Waals surface area contributed by atoms with Crippen molar-refractivity contribution in [3.05, 3.63) is 36.7 Å². The molecule has 1 N–H and O–H groups in total. The first-order valence-corrected chi connectivity index (χ1v) is 8.66. The van der Waals surface area contributed by atoms with Crippen molar-refractivity contribution in [1.82, 2.24) is 14.8 Å². The van der Waals surface area contributed by atoms with Crippen molar-refractivity contribution >= 4 is 34.5 Å². The number of fused-ring (bicyclic) bond motifs is 1. The van der Waals surface area contributed by atoms with Crippen molar-refractivity contribution in [1.29, 1.82) is 0 Å². The number of aromatic nitrogens is 3. The Morgan fingerprint density at radius 3 is 3.17 bits per heavy atom. The van der Waals surface area contributed by atoms with Crippen LogP contribution in [0.1, 0.15) is 12.5 Å². The lowest BCUT2D eigenvalue weighted by molar-refractivity contribution is -0.113. The summed E-state index contributed by atoms with van der Waals surface area (Å²) in [5.41, 5.74) is 2.20. The van der Waals surface area contributed by atoms with E-state index in [1.165, 1.54) is 11.8 Å². The zero-order chi connectivity index (χ0) is 16.4. The van der Waals surface area contributed by atoms with E-state index in [9.17, 15) is 4.79 Å². The highest BCUT2D eigenvalue weighted by molar-refractivity contribution is 7.99. The molecule has 2 aromatic heterocycles. The third-order valence-electron chi connectivity index (χ3n) is 3.77.